The van der Waals surface area contributed by atoms with Crippen LogP contribution in [-0.2, 0) is 21.4 Å². The first kappa shape index (κ1) is 21.6. The number of rotatable bonds is 9. The van der Waals surface area contributed by atoms with Crippen molar-refractivity contribution in [3.05, 3.63) is 64.2 Å². The lowest BCUT2D eigenvalue weighted by atomic mass is 10.2. The van der Waals surface area contributed by atoms with Gasteiger partial charge >= 0.3 is 12.3 Å². The summed E-state index contributed by atoms with van der Waals surface area (Å²) >= 11 is 0. The van der Waals surface area contributed by atoms with Crippen molar-refractivity contribution >= 4 is 21.4 Å². The third-order valence-corrected chi connectivity index (χ3v) is 4.81. The predicted molar refractivity (Wildman–Crippen MR) is 91.0 cm³/mol. The van der Waals surface area contributed by atoms with E-state index in [1.165, 1.54) is 36.4 Å². The van der Waals surface area contributed by atoms with Gasteiger partial charge in [0, 0.05) is 17.8 Å². The van der Waals surface area contributed by atoms with E-state index in [1.54, 1.807) is 0 Å². The van der Waals surface area contributed by atoms with E-state index in [0.29, 0.717) is 5.56 Å². The Morgan fingerprint density at radius 1 is 1.14 bits per heavy atom. The van der Waals surface area contributed by atoms with Gasteiger partial charge in [-0.15, -0.1) is 0 Å². The van der Waals surface area contributed by atoms with Gasteiger partial charge in [0.25, 0.3) is 15.7 Å². The van der Waals surface area contributed by atoms with Crippen molar-refractivity contribution in [2.75, 3.05) is 11.3 Å². The van der Waals surface area contributed by atoms with E-state index >= 15 is 0 Å². The second-order valence-electron chi connectivity index (χ2n) is 5.61. The lowest BCUT2D eigenvalue weighted by Crippen LogP contribution is -2.32. The lowest BCUT2D eigenvalue weighted by Gasteiger charge is -2.15. The first-order valence-electron chi connectivity index (χ1n) is 7.61. The molecule has 0 radical (unpaired) electrons. The van der Waals surface area contributed by atoms with E-state index in [4.69, 9.17) is 0 Å². The summed E-state index contributed by atoms with van der Waals surface area (Å²) in [4.78, 5) is 9.70. The average molecular weight is 422 g/mol. The quantitative estimate of drug-likeness (QED) is 0.376. The number of hydrogen-bond acceptors (Lipinski definition) is 5. The van der Waals surface area contributed by atoms with Crippen LogP contribution in [0.5, 0.6) is 0 Å². The summed E-state index contributed by atoms with van der Waals surface area (Å²) in [6.07, 6.45) is -3.84. The van der Waals surface area contributed by atoms with Crippen LogP contribution in [0, 0.1) is 10.1 Å². The number of benzene rings is 2. The highest BCUT2D eigenvalue weighted by Crippen LogP contribution is 2.24. The van der Waals surface area contributed by atoms with Gasteiger partial charge < -0.3 is 4.74 Å². The van der Waals surface area contributed by atoms with Crippen LogP contribution >= 0.6 is 0 Å². The Morgan fingerprint density at radius 3 is 2.36 bits per heavy atom. The molecule has 0 aliphatic carbocycles. The van der Waals surface area contributed by atoms with Crippen LogP contribution in [0.25, 0.3) is 0 Å². The number of alkyl halides is 4. The van der Waals surface area contributed by atoms with Crippen molar-refractivity contribution in [1.82, 2.24) is 0 Å². The zero-order valence-corrected chi connectivity index (χ0v) is 14.8. The summed E-state index contributed by atoms with van der Waals surface area (Å²) in [6, 6.07) is 9.76. The van der Waals surface area contributed by atoms with Crippen molar-refractivity contribution < 1.29 is 35.6 Å². The molecule has 0 heterocycles. The lowest BCUT2D eigenvalue weighted by molar-refractivity contribution is -0.385. The summed E-state index contributed by atoms with van der Waals surface area (Å²) in [5, 5.41) is 10.8. The molecule has 1 N–H and O–H groups in total. The van der Waals surface area contributed by atoms with E-state index in [9.17, 15) is 36.1 Å². The van der Waals surface area contributed by atoms with Crippen molar-refractivity contribution in [3.8, 4) is 0 Å². The molecule has 0 aliphatic heterocycles. The Bertz CT molecular complexity index is 936. The SMILES string of the molecule is O=[N+]([O-])c1cccc(S(=O)(=O)Nc2ccc(COCC(F)(F)C(F)F)cc2)c1. The molecular weight excluding hydrogens is 408 g/mol. The monoisotopic (exact) mass is 422 g/mol. The second kappa shape index (κ2) is 8.52. The molecule has 0 amide bonds. The summed E-state index contributed by atoms with van der Waals surface area (Å²) < 4.78 is 80.9. The zero-order chi connectivity index (χ0) is 20.9. The molecule has 12 heteroatoms. The van der Waals surface area contributed by atoms with E-state index in [2.05, 4.69) is 9.46 Å². The number of halogens is 4. The van der Waals surface area contributed by atoms with Gasteiger partial charge in [0.15, 0.2) is 0 Å². The molecule has 0 saturated carbocycles. The molecule has 2 aromatic rings. The fourth-order valence-electron chi connectivity index (χ4n) is 2.02. The van der Waals surface area contributed by atoms with Gasteiger partial charge in [-0.1, -0.05) is 18.2 Å². The van der Waals surface area contributed by atoms with E-state index < -0.39 is 39.6 Å². The van der Waals surface area contributed by atoms with Crippen LogP contribution < -0.4 is 4.72 Å². The van der Waals surface area contributed by atoms with Crippen LogP contribution in [-0.4, -0.2) is 32.3 Å². The molecule has 7 nitrogen and oxygen atoms in total. The molecular formula is C16H14F4N2O5S. The van der Waals surface area contributed by atoms with Gasteiger partial charge in [-0.25, -0.2) is 17.2 Å². The van der Waals surface area contributed by atoms with E-state index in [1.807, 2.05) is 0 Å². The minimum absolute atomic E-state index is 0.105. The normalized spacial score (nSPS) is 12.2. The standard InChI is InChI=1S/C16H14F4N2O5S/c17-15(18)16(19,20)10-27-9-11-4-6-12(7-5-11)21-28(25,26)14-3-1-2-13(8-14)22(23)24/h1-8,15,21H,9-10H2. The number of sulfonamides is 1. The second-order valence-corrected chi connectivity index (χ2v) is 7.29. The Hall–Kier alpha value is -2.73. The Labute approximate surface area is 157 Å². The third kappa shape index (κ3) is 5.63. The smallest absolute Gasteiger partial charge is 0.330 e. The fraction of sp³-hybridized carbons (Fsp3) is 0.250. The van der Waals surface area contributed by atoms with Crippen LogP contribution in [0.4, 0.5) is 28.9 Å². The largest absolute Gasteiger partial charge is 0.370 e. The number of nitrogens with one attached hydrogen (secondary N) is 1. The van der Waals surface area contributed by atoms with Crippen molar-refractivity contribution in [1.29, 1.82) is 0 Å². The predicted octanol–water partition coefficient (Wildman–Crippen LogP) is 3.81. The van der Waals surface area contributed by atoms with Gasteiger partial charge in [-0.2, -0.15) is 8.78 Å². The van der Waals surface area contributed by atoms with Gasteiger partial charge in [-0.05, 0) is 23.8 Å². The van der Waals surface area contributed by atoms with Gasteiger partial charge in [0.1, 0.15) is 6.61 Å². The number of anilines is 1. The molecule has 0 aliphatic rings. The summed E-state index contributed by atoms with van der Waals surface area (Å²) in [5.41, 5.74) is 0.0625. The molecule has 2 aromatic carbocycles. The summed E-state index contributed by atoms with van der Waals surface area (Å²) in [7, 11) is -4.10. The first-order valence-corrected chi connectivity index (χ1v) is 9.09. The van der Waals surface area contributed by atoms with Crippen molar-refractivity contribution in [3.63, 3.8) is 0 Å². The van der Waals surface area contributed by atoms with Gasteiger partial charge in [-0.3, -0.25) is 14.8 Å². The summed E-state index contributed by atoms with van der Waals surface area (Å²) in [6.45, 7) is -1.83. The molecule has 0 saturated heterocycles. The van der Waals surface area contributed by atoms with E-state index in [0.717, 1.165) is 12.1 Å². The minimum atomic E-state index is -4.26. The highest BCUT2D eigenvalue weighted by atomic mass is 32.2. The van der Waals surface area contributed by atoms with Gasteiger partial charge in [0.2, 0.25) is 0 Å². The maximum atomic E-state index is 12.7. The molecule has 0 fully saturated rings. The first-order chi connectivity index (χ1) is 13.0. The zero-order valence-electron chi connectivity index (χ0n) is 14.0. The molecule has 152 valence electrons. The molecule has 0 atom stereocenters. The maximum Gasteiger partial charge on any atom is 0.330 e. The number of hydrogen-bond donors (Lipinski definition) is 1. The average Bonchev–Trinajstić information content (AvgIpc) is 2.63. The fourth-order valence-corrected chi connectivity index (χ4v) is 3.11. The van der Waals surface area contributed by atoms with Crippen LogP contribution in [0.15, 0.2) is 53.4 Å². The van der Waals surface area contributed by atoms with Crippen LogP contribution in [0.3, 0.4) is 0 Å². The minimum Gasteiger partial charge on any atom is -0.370 e. The summed E-state index contributed by atoms with van der Waals surface area (Å²) in [5.74, 6) is -4.26. The maximum absolute atomic E-state index is 12.7. The molecule has 0 bridgehead atoms. The third-order valence-electron chi connectivity index (χ3n) is 3.43. The molecule has 0 spiro atoms. The number of ether oxygens (including phenoxy) is 1. The topological polar surface area (TPSA) is 98.5 Å². The Kier molecular flexibility index (Phi) is 6.56. The van der Waals surface area contributed by atoms with Crippen LogP contribution in [0.1, 0.15) is 5.56 Å². The number of nitro benzene ring substituents is 1. The Balaban J connectivity index is 2.02. The van der Waals surface area contributed by atoms with Crippen LogP contribution in [0.2, 0.25) is 0 Å². The number of non-ortho nitro benzene ring substituents is 1. The van der Waals surface area contributed by atoms with Crippen molar-refractivity contribution in [2.24, 2.45) is 0 Å². The Morgan fingerprint density at radius 2 is 1.79 bits per heavy atom. The molecule has 2 rings (SSSR count). The molecule has 0 unspecified atom stereocenters. The number of nitro groups is 1. The van der Waals surface area contributed by atoms with E-state index in [-0.39, 0.29) is 17.2 Å². The molecule has 28 heavy (non-hydrogen) atoms. The molecule has 0 aromatic heterocycles. The number of nitrogens with zero attached hydrogens (tertiary/aromatic N) is 1. The highest BCUT2D eigenvalue weighted by Gasteiger charge is 2.40. The van der Waals surface area contributed by atoms with Crippen molar-refractivity contribution in [2.45, 2.75) is 23.9 Å². The highest BCUT2D eigenvalue weighted by molar-refractivity contribution is 7.92. The van der Waals surface area contributed by atoms with Gasteiger partial charge in [0.05, 0.1) is 16.4 Å².